The van der Waals surface area contributed by atoms with Gasteiger partial charge < -0.3 is 11.5 Å². The van der Waals surface area contributed by atoms with Crippen molar-refractivity contribution in [1.29, 1.82) is 0 Å². The van der Waals surface area contributed by atoms with Gasteiger partial charge in [-0.15, -0.1) is 23.5 Å². The Morgan fingerprint density at radius 2 is 1.81 bits per heavy atom. The lowest BCUT2D eigenvalue weighted by Gasteiger charge is -2.15. The first-order valence-electron chi connectivity index (χ1n) is 5.44. The van der Waals surface area contributed by atoms with Crippen LogP contribution in [0.25, 0.3) is 0 Å². The Kier molecular flexibility index (Phi) is 5.35. The second-order valence-corrected chi connectivity index (χ2v) is 5.37. The van der Waals surface area contributed by atoms with Crippen molar-refractivity contribution >= 4 is 34.9 Å². The number of hydrogen-bond donors (Lipinski definition) is 2. The van der Waals surface area contributed by atoms with Crippen LogP contribution in [0, 0.1) is 0 Å². The molecule has 0 saturated carbocycles. The summed E-state index contributed by atoms with van der Waals surface area (Å²) >= 11 is 3.32. The van der Waals surface area contributed by atoms with Crippen LogP contribution in [0.1, 0.15) is 25.3 Å². The molecule has 0 amide bonds. The second kappa shape index (κ2) is 6.30. The SMILES string of the molecule is CCCCc1cc(SC)c(N)c(SC)c1N. The summed E-state index contributed by atoms with van der Waals surface area (Å²) in [5.41, 5.74) is 15.2. The molecule has 4 heteroatoms. The van der Waals surface area contributed by atoms with Gasteiger partial charge >= 0.3 is 0 Å². The molecular formula is C12H20N2S2. The molecule has 0 aliphatic heterocycles. The van der Waals surface area contributed by atoms with Crippen molar-refractivity contribution in [2.45, 2.75) is 36.0 Å². The minimum atomic E-state index is 0.831. The molecule has 0 bridgehead atoms. The lowest BCUT2D eigenvalue weighted by atomic mass is 10.1. The zero-order chi connectivity index (χ0) is 12.1. The fourth-order valence-corrected chi connectivity index (χ4v) is 3.01. The van der Waals surface area contributed by atoms with E-state index >= 15 is 0 Å². The molecule has 1 aromatic rings. The number of unbranched alkanes of at least 4 members (excludes halogenated alkanes) is 1. The van der Waals surface area contributed by atoms with Crippen molar-refractivity contribution in [3.63, 3.8) is 0 Å². The summed E-state index contributed by atoms with van der Waals surface area (Å²) in [7, 11) is 0. The summed E-state index contributed by atoms with van der Waals surface area (Å²) in [5.74, 6) is 0. The molecule has 0 aromatic heterocycles. The predicted octanol–water partition coefficient (Wildman–Crippen LogP) is 3.64. The number of aryl methyl sites for hydroxylation is 1. The summed E-state index contributed by atoms with van der Waals surface area (Å²) in [4.78, 5) is 2.18. The molecule has 4 N–H and O–H groups in total. The van der Waals surface area contributed by atoms with Crippen LogP contribution in [0.15, 0.2) is 15.9 Å². The van der Waals surface area contributed by atoms with Gasteiger partial charge in [-0.25, -0.2) is 0 Å². The molecule has 0 fully saturated rings. The molecule has 0 saturated heterocycles. The van der Waals surface area contributed by atoms with E-state index in [1.165, 1.54) is 18.4 Å². The first kappa shape index (κ1) is 13.6. The van der Waals surface area contributed by atoms with Crippen LogP contribution in [0.4, 0.5) is 11.4 Å². The van der Waals surface area contributed by atoms with Gasteiger partial charge in [-0.3, -0.25) is 0 Å². The van der Waals surface area contributed by atoms with Gasteiger partial charge in [0.05, 0.1) is 16.3 Å². The zero-order valence-corrected chi connectivity index (χ0v) is 11.8. The van der Waals surface area contributed by atoms with Crippen molar-refractivity contribution in [2.24, 2.45) is 0 Å². The third-order valence-corrected chi connectivity index (χ3v) is 4.26. The molecule has 1 rings (SSSR count). The van der Waals surface area contributed by atoms with Crippen molar-refractivity contribution in [3.8, 4) is 0 Å². The Morgan fingerprint density at radius 1 is 1.12 bits per heavy atom. The van der Waals surface area contributed by atoms with E-state index in [2.05, 4.69) is 19.2 Å². The van der Waals surface area contributed by atoms with E-state index in [4.69, 9.17) is 11.5 Å². The van der Waals surface area contributed by atoms with Gasteiger partial charge in [0.15, 0.2) is 0 Å². The summed E-state index contributed by atoms with van der Waals surface area (Å²) < 4.78 is 0. The van der Waals surface area contributed by atoms with Gasteiger partial charge in [-0.05, 0) is 37.0 Å². The quantitative estimate of drug-likeness (QED) is 0.624. The number of benzene rings is 1. The van der Waals surface area contributed by atoms with E-state index in [0.717, 1.165) is 27.6 Å². The van der Waals surface area contributed by atoms with Crippen LogP contribution in [0.2, 0.25) is 0 Å². The second-order valence-electron chi connectivity index (χ2n) is 3.70. The fraction of sp³-hybridized carbons (Fsp3) is 0.500. The number of hydrogen-bond acceptors (Lipinski definition) is 4. The van der Waals surface area contributed by atoms with E-state index in [-0.39, 0.29) is 0 Å². The summed E-state index contributed by atoms with van der Waals surface area (Å²) in [6.07, 6.45) is 7.48. The van der Waals surface area contributed by atoms with Crippen LogP contribution in [0.5, 0.6) is 0 Å². The highest BCUT2D eigenvalue weighted by Crippen LogP contribution is 2.39. The summed E-state index contributed by atoms with van der Waals surface area (Å²) in [5, 5.41) is 0. The van der Waals surface area contributed by atoms with Crippen LogP contribution >= 0.6 is 23.5 Å². The Balaban J connectivity index is 3.18. The van der Waals surface area contributed by atoms with Gasteiger partial charge in [0.1, 0.15) is 0 Å². The largest absolute Gasteiger partial charge is 0.398 e. The van der Waals surface area contributed by atoms with Crippen LogP contribution < -0.4 is 11.5 Å². The molecule has 2 nitrogen and oxygen atoms in total. The maximum atomic E-state index is 6.15. The Labute approximate surface area is 107 Å². The van der Waals surface area contributed by atoms with E-state index < -0.39 is 0 Å². The summed E-state index contributed by atoms with van der Waals surface area (Å²) in [6, 6.07) is 2.14. The van der Waals surface area contributed by atoms with Crippen LogP contribution in [0.3, 0.4) is 0 Å². The Bertz CT molecular complexity index is 365. The fourth-order valence-electron chi connectivity index (χ4n) is 1.68. The van der Waals surface area contributed by atoms with Gasteiger partial charge in [-0.1, -0.05) is 13.3 Å². The lowest BCUT2D eigenvalue weighted by Crippen LogP contribution is -2.02. The van der Waals surface area contributed by atoms with Gasteiger partial charge in [0.2, 0.25) is 0 Å². The third kappa shape index (κ3) is 2.80. The molecule has 0 aliphatic rings. The zero-order valence-electron chi connectivity index (χ0n) is 10.2. The van der Waals surface area contributed by atoms with Crippen molar-refractivity contribution in [2.75, 3.05) is 24.0 Å². The molecule has 0 atom stereocenters. The molecule has 0 aliphatic carbocycles. The standard InChI is InChI=1S/C12H20N2S2/c1-4-5-6-8-7-9(15-2)11(14)12(16-3)10(8)13/h7H,4-6,13-14H2,1-3H3. The minimum absolute atomic E-state index is 0.831. The van der Waals surface area contributed by atoms with E-state index in [0.29, 0.717) is 0 Å². The number of nitrogen functional groups attached to an aromatic ring is 2. The summed E-state index contributed by atoms with van der Waals surface area (Å²) in [6.45, 7) is 2.19. The molecule has 0 spiro atoms. The molecule has 0 unspecified atom stereocenters. The average molecular weight is 256 g/mol. The van der Waals surface area contributed by atoms with E-state index in [1.807, 2.05) is 6.26 Å². The van der Waals surface area contributed by atoms with E-state index in [9.17, 15) is 0 Å². The first-order chi connectivity index (χ1) is 7.65. The van der Waals surface area contributed by atoms with Gasteiger partial charge in [0, 0.05) is 4.90 Å². The van der Waals surface area contributed by atoms with E-state index in [1.54, 1.807) is 23.5 Å². The third-order valence-electron chi connectivity index (χ3n) is 2.63. The Hall–Kier alpha value is -0.480. The van der Waals surface area contributed by atoms with Crippen molar-refractivity contribution in [1.82, 2.24) is 0 Å². The van der Waals surface area contributed by atoms with Gasteiger partial charge in [-0.2, -0.15) is 0 Å². The predicted molar refractivity (Wildman–Crippen MR) is 77.4 cm³/mol. The molecule has 90 valence electrons. The normalized spacial score (nSPS) is 10.7. The van der Waals surface area contributed by atoms with Crippen molar-refractivity contribution < 1.29 is 0 Å². The molecule has 0 radical (unpaired) electrons. The number of anilines is 2. The average Bonchev–Trinajstić information content (AvgIpc) is 2.29. The number of rotatable bonds is 5. The minimum Gasteiger partial charge on any atom is -0.398 e. The highest BCUT2D eigenvalue weighted by molar-refractivity contribution is 7.99. The van der Waals surface area contributed by atoms with Crippen molar-refractivity contribution in [3.05, 3.63) is 11.6 Å². The molecule has 0 heterocycles. The molecule has 1 aromatic carbocycles. The monoisotopic (exact) mass is 256 g/mol. The topological polar surface area (TPSA) is 52.0 Å². The Morgan fingerprint density at radius 3 is 2.31 bits per heavy atom. The van der Waals surface area contributed by atoms with Gasteiger partial charge in [0.25, 0.3) is 0 Å². The maximum absolute atomic E-state index is 6.15. The highest BCUT2D eigenvalue weighted by atomic mass is 32.2. The number of nitrogens with two attached hydrogens (primary N) is 2. The molecular weight excluding hydrogens is 236 g/mol. The maximum Gasteiger partial charge on any atom is 0.0611 e. The molecule has 16 heavy (non-hydrogen) atoms. The smallest absolute Gasteiger partial charge is 0.0611 e. The lowest BCUT2D eigenvalue weighted by molar-refractivity contribution is 0.794. The van der Waals surface area contributed by atoms with Crippen LogP contribution in [-0.4, -0.2) is 12.5 Å². The highest BCUT2D eigenvalue weighted by Gasteiger charge is 2.12. The first-order valence-corrected chi connectivity index (χ1v) is 7.89. The van der Waals surface area contributed by atoms with Crippen LogP contribution in [-0.2, 0) is 6.42 Å². The number of thioether (sulfide) groups is 2.